The third-order valence-corrected chi connectivity index (χ3v) is 9.47. The third kappa shape index (κ3) is 3.47. The van der Waals surface area contributed by atoms with Crippen LogP contribution in [-0.2, 0) is 11.0 Å². The van der Waals surface area contributed by atoms with Crippen molar-refractivity contribution >= 4 is 23.1 Å². The van der Waals surface area contributed by atoms with Gasteiger partial charge in [0.25, 0.3) is 0 Å². The van der Waals surface area contributed by atoms with Crippen LogP contribution in [0, 0.1) is 0 Å². The van der Waals surface area contributed by atoms with Gasteiger partial charge in [-0.25, -0.2) is 0 Å². The van der Waals surface area contributed by atoms with E-state index in [-0.39, 0.29) is 5.92 Å². The summed E-state index contributed by atoms with van der Waals surface area (Å²) in [6.45, 7) is 0. The zero-order valence-electron chi connectivity index (χ0n) is 17.3. The SMILES string of the molecule is O=P(c1ccccc1)(c1ccccc1)c1ccccc1C1c2ccccc2CCC1O. The second-order valence-corrected chi connectivity index (χ2v) is 10.9. The molecule has 0 saturated carbocycles. The minimum atomic E-state index is -3.13. The summed E-state index contributed by atoms with van der Waals surface area (Å²) in [5.74, 6) is -0.193. The Morgan fingerprint density at radius 2 is 1.16 bits per heavy atom. The van der Waals surface area contributed by atoms with E-state index < -0.39 is 13.2 Å². The quantitative estimate of drug-likeness (QED) is 0.480. The van der Waals surface area contributed by atoms with Gasteiger partial charge in [0, 0.05) is 21.8 Å². The largest absolute Gasteiger partial charge is 0.392 e. The lowest BCUT2D eigenvalue weighted by atomic mass is 9.77. The number of hydrogen-bond donors (Lipinski definition) is 1. The van der Waals surface area contributed by atoms with Crippen molar-refractivity contribution in [1.82, 2.24) is 0 Å². The van der Waals surface area contributed by atoms with Crippen LogP contribution in [0.5, 0.6) is 0 Å². The van der Waals surface area contributed by atoms with Gasteiger partial charge >= 0.3 is 0 Å². The Morgan fingerprint density at radius 3 is 1.81 bits per heavy atom. The molecule has 0 radical (unpaired) electrons. The Balaban J connectivity index is 1.78. The van der Waals surface area contributed by atoms with Crippen LogP contribution in [0.4, 0.5) is 0 Å². The lowest BCUT2D eigenvalue weighted by Gasteiger charge is -2.33. The fraction of sp³-hybridized carbons (Fsp3) is 0.143. The molecule has 0 saturated heterocycles. The van der Waals surface area contributed by atoms with Crippen molar-refractivity contribution in [3.8, 4) is 0 Å². The predicted molar refractivity (Wildman–Crippen MR) is 128 cm³/mol. The van der Waals surface area contributed by atoms with E-state index in [2.05, 4.69) is 18.2 Å². The summed E-state index contributed by atoms with van der Waals surface area (Å²) >= 11 is 0. The molecule has 0 aromatic heterocycles. The van der Waals surface area contributed by atoms with Crippen LogP contribution in [0.3, 0.4) is 0 Å². The lowest BCUT2D eigenvalue weighted by molar-refractivity contribution is 0.140. The van der Waals surface area contributed by atoms with Crippen molar-refractivity contribution in [3.05, 3.63) is 126 Å². The van der Waals surface area contributed by atoms with Gasteiger partial charge in [-0.2, -0.15) is 0 Å². The maximum atomic E-state index is 15.0. The number of aliphatic hydroxyl groups excluding tert-OH is 1. The minimum absolute atomic E-state index is 0.193. The predicted octanol–water partition coefficient (Wildman–Crippen LogP) is 4.77. The van der Waals surface area contributed by atoms with Crippen LogP contribution in [0.1, 0.15) is 29.0 Å². The molecule has 31 heavy (non-hydrogen) atoms. The number of aryl methyl sites for hydroxylation is 1. The molecule has 0 amide bonds. The van der Waals surface area contributed by atoms with Crippen LogP contribution in [-0.4, -0.2) is 11.2 Å². The van der Waals surface area contributed by atoms with Gasteiger partial charge in [-0.15, -0.1) is 0 Å². The lowest BCUT2D eigenvalue weighted by Crippen LogP contribution is -2.33. The Morgan fingerprint density at radius 1 is 0.645 bits per heavy atom. The standard InChI is InChI=1S/C28H25O2P/c29-26-20-19-21-11-7-8-16-24(21)28(26)25-17-9-10-18-27(25)31(30,22-12-3-1-4-13-22)23-14-5-2-6-15-23/h1-18,26,28-29H,19-20H2. The first-order chi connectivity index (χ1) is 15.2. The molecule has 154 valence electrons. The van der Waals surface area contributed by atoms with Gasteiger partial charge in [0.1, 0.15) is 0 Å². The number of aliphatic hydroxyl groups is 1. The van der Waals surface area contributed by atoms with Crippen LogP contribution in [0.15, 0.2) is 109 Å². The topological polar surface area (TPSA) is 37.3 Å². The Kier molecular flexibility index (Phi) is 5.36. The van der Waals surface area contributed by atoms with E-state index in [0.717, 1.165) is 33.5 Å². The Bertz CT molecular complexity index is 1190. The zero-order valence-corrected chi connectivity index (χ0v) is 18.2. The molecule has 2 nitrogen and oxygen atoms in total. The first-order valence-electron chi connectivity index (χ1n) is 10.8. The van der Waals surface area contributed by atoms with Crippen molar-refractivity contribution in [2.45, 2.75) is 24.9 Å². The van der Waals surface area contributed by atoms with Crippen molar-refractivity contribution in [2.24, 2.45) is 0 Å². The van der Waals surface area contributed by atoms with E-state index in [1.165, 1.54) is 5.56 Å². The van der Waals surface area contributed by atoms with E-state index in [9.17, 15) is 5.11 Å². The Hall–Kier alpha value is -2.93. The van der Waals surface area contributed by atoms with Gasteiger partial charge in [0.05, 0.1) is 6.10 Å². The van der Waals surface area contributed by atoms with Gasteiger partial charge < -0.3 is 9.67 Å². The van der Waals surface area contributed by atoms with E-state index in [1.807, 2.05) is 91.0 Å². The zero-order chi connectivity index (χ0) is 21.3. The van der Waals surface area contributed by atoms with E-state index in [1.54, 1.807) is 0 Å². The fourth-order valence-electron chi connectivity index (χ4n) is 4.86. The van der Waals surface area contributed by atoms with E-state index >= 15 is 4.57 Å². The molecular weight excluding hydrogens is 399 g/mol. The molecule has 0 fully saturated rings. The van der Waals surface area contributed by atoms with Gasteiger partial charge in [0.2, 0.25) is 0 Å². The molecule has 2 unspecified atom stereocenters. The van der Waals surface area contributed by atoms with E-state index in [4.69, 9.17) is 0 Å². The molecule has 1 N–H and O–H groups in total. The van der Waals surface area contributed by atoms with Crippen molar-refractivity contribution in [2.75, 3.05) is 0 Å². The van der Waals surface area contributed by atoms with Crippen molar-refractivity contribution < 1.29 is 9.67 Å². The summed E-state index contributed by atoms with van der Waals surface area (Å²) in [5, 5.41) is 13.5. The van der Waals surface area contributed by atoms with Crippen LogP contribution in [0.2, 0.25) is 0 Å². The van der Waals surface area contributed by atoms with Gasteiger partial charge in [-0.05, 0) is 29.5 Å². The highest BCUT2D eigenvalue weighted by molar-refractivity contribution is 7.85. The molecule has 1 aliphatic carbocycles. The fourth-order valence-corrected chi connectivity index (χ4v) is 7.77. The second-order valence-electron chi connectivity index (χ2n) is 8.12. The molecule has 1 aliphatic rings. The summed E-state index contributed by atoms with van der Waals surface area (Å²) in [6, 6.07) is 35.8. The third-order valence-electron chi connectivity index (χ3n) is 6.34. The molecule has 0 bridgehead atoms. The smallest absolute Gasteiger partial charge is 0.171 e. The molecule has 5 rings (SSSR count). The minimum Gasteiger partial charge on any atom is -0.392 e. The van der Waals surface area contributed by atoms with Gasteiger partial charge in [-0.3, -0.25) is 0 Å². The summed E-state index contributed by atoms with van der Waals surface area (Å²) in [6.07, 6.45) is 1.07. The first-order valence-corrected chi connectivity index (χ1v) is 12.5. The van der Waals surface area contributed by atoms with E-state index in [0.29, 0.717) is 6.42 Å². The Labute approximate surface area is 183 Å². The highest BCUT2D eigenvalue weighted by Crippen LogP contribution is 2.46. The van der Waals surface area contributed by atoms with Crippen LogP contribution in [0.25, 0.3) is 0 Å². The molecule has 2 atom stereocenters. The second kappa shape index (κ2) is 8.30. The molecule has 0 spiro atoms. The summed E-state index contributed by atoms with van der Waals surface area (Å²) < 4.78 is 15.0. The first kappa shape index (κ1) is 20.0. The maximum absolute atomic E-state index is 15.0. The van der Waals surface area contributed by atoms with Gasteiger partial charge in [0.15, 0.2) is 7.14 Å². The monoisotopic (exact) mass is 424 g/mol. The number of fused-ring (bicyclic) bond motifs is 1. The molecule has 0 heterocycles. The van der Waals surface area contributed by atoms with Crippen molar-refractivity contribution in [1.29, 1.82) is 0 Å². The molecule has 4 aromatic carbocycles. The maximum Gasteiger partial charge on any atom is 0.171 e. The molecule has 3 heteroatoms. The molecular formula is C28H25O2P. The van der Waals surface area contributed by atoms with Crippen LogP contribution < -0.4 is 15.9 Å². The number of rotatable bonds is 4. The average molecular weight is 424 g/mol. The van der Waals surface area contributed by atoms with Crippen LogP contribution >= 0.6 is 7.14 Å². The van der Waals surface area contributed by atoms with Gasteiger partial charge in [-0.1, -0.05) is 109 Å². The molecule has 0 aliphatic heterocycles. The highest BCUT2D eigenvalue weighted by atomic mass is 31.2. The summed E-state index contributed by atoms with van der Waals surface area (Å²) in [5.41, 5.74) is 3.36. The summed E-state index contributed by atoms with van der Waals surface area (Å²) in [4.78, 5) is 0. The summed E-state index contributed by atoms with van der Waals surface area (Å²) in [7, 11) is -3.13. The van der Waals surface area contributed by atoms with Crippen molar-refractivity contribution in [3.63, 3.8) is 0 Å². The number of hydrogen-bond acceptors (Lipinski definition) is 2. The normalized spacial score (nSPS) is 18.4. The average Bonchev–Trinajstić information content (AvgIpc) is 2.85. The highest BCUT2D eigenvalue weighted by Gasteiger charge is 2.37. The molecule has 4 aromatic rings. The number of benzene rings is 4.